The number of para-hydroxylation sites is 2. The van der Waals surface area contributed by atoms with Gasteiger partial charge in [-0.3, -0.25) is 9.36 Å². The summed E-state index contributed by atoms with van der Waals surface area (Å²) in [6.07, 6.45) is 1.91. The maximum atomic E-state index is 12.8. The van der Waals surface area contributed by atoms with Crippen molar-refractivity contribution in [2.75, 3.05) is 25.3 Å². The molecule has 36 heavy (non-hydrogen) atoms. The molecule has 0 spiro atoms. The van der Waals surface area contributed by atoms with Crippen molar-refractivity contribution >= 4 is 34.3 Å². The van der Waals surface area contributed by atoms with Crippen LogP contribution in [0.2, 0.25) is 0 Å². The van der Waals surface area contributed by atoms with E-state index in [2.05, 4.69) is 20.5 Å². The molecular weight excluding hydrogens is 474 g/mol. The fourth-order valence-corrected chi connectivity index (χ4v) is 4.76. The number of carbonyl (C=O) groups is 1. The van der Waals surface area contributed by atoms with Gasteiger partial charge in [0.2, 0.25) is 5.91 Å². The third-order valence-electron chi connectivity index (χ3n) is 5.84. The lowest BCUT2D eigenvalue weighted by atomic mass is 10.1. The summed E-state index contributed by atoms with van der Waals surface area (Å²) in [6, 6.07) is 21.2. The maximum absolute atomic E-state index is 12.8. The van der Waals surface area contributed by atoms with E-state index in [9.17, 15) is 4.79 Å². The minimum absolute atomic E-state index is 0.130. The van der Waals surface area contributed by atoms with E-state index in [1.165, 1.54) is 11.8 Å². The fourth-order valence-electron chi connectivity index (χ4n) is 4.01. The quantitative estimate of drug-likeness (QED) is 0.275. The number of carbonyl (C=O) groups excluding carboxylic acids is 1. The van der Waals surface area contributed by atoms with Crippen LogP contribution in [0, 0.1) is 6.92 Å². The maximum Gasteiger partial charge on any atom is 0.234 e. The first-order chi connectivity index (χ1) is 17.6. The van der Waals surface area contributed by atoms with E-state index in [1.807, 2.05) is 84.4 Å². The highest BCUT2D eigenvalue weighted by atomic mass is 32.2. The molecule has 5 aromatic rings. The molecule has 0 aliphatic carbocycles. The van der Waals surface area contributed by atoms with Crippen LogP contribution in [-0.2, 0) is 4.79 Å². The number of amides is 1. The first kappa shape index (κ1) is 23.5. The van der Waals surface area contributed by atoms with Crippen molar-refractivity contribution < 1.29 is 14.3 Å². The van der Waals surface area contributed by atoms with Crippen LogP contribution < -0.4 is 14.8 Å². The number of aryl methyl sites for hydroxylation is 1. The third-order valence-corrected chi connectivity index (χ3v) is 6.77. The van der Waals surface area contributed by atoms with Crippen LogP contribution >= 0.6 is 11.8 Å². The first-order valence-corrected chi connectivity index (χ1v) is 12.3. The zero-order valence-electron chi connectivity index (χ0n) is 20.1. The Bertz CT molecular complexity index is 1540. The number of ether oxygens (including phenoxy) is 2. The van der Waals surface area contributed by atoms with Crippen LogP contribution in [-0.4, -0.2) is 45.6 Å². The molecule has 3 aromatic carbocycles. The van der Waals surface area contributed by atoms with Crippen molar-refractivity contribution in [3.05, 3.63) is 78.5 Å². The number of benzene rings is 3. The molecule has 0 aliphatic heterocycles. The second-order valence-corrected chi connectivity index (χ2v) is 9.02. The Morgan fingerprint density at radius 3 is 2.64 bits per heavy atom. The molecule has 9 heteroatoms. The molecule has 2 N–H and O–H groups in total. The second kappa shape index (κ2) is 10.2. The summed E-state index contributed by atoms with van der Waals surface area (Å²) in [5.74, 6) is 1.95. The zero-order valence-corrected chi connectivity index (χ0v) is 20.9. The highest BCUT2D eigenvalue weighted by Gasteiger charge is 2.22. The number of anilines is 1. The predicted octanol–water partition coefficient (Wildman–Crippen LogP) is 5.47. The van der Waals surface area contributed by atoms with Gasteiger partial charge in [-0.2, -0.15) is 0 Å². The highest BCUT2D eigenvalue weighted by molar-refractivity contribution is 7.99. The number of nitrogens with one attached hydrogen (secondary N) is 2. The van der Waals surface area contributed by atoms with Crippen LogP contribution in [0.3, 0.4) is 0 Å². The van der Waals surface area contributed by atoms with Gasteiger partial charge < -0.3 is 19.8 Å². The predicted molar refractivity (Wildman–Crippen MR) is 142 cm³/mol. The molecule has 8 nitrogen and oxygen atoms in total. The average Bonchev–Trinajstić information content (AvgIpc) is 3.52. The van der Waals surface area contributed by atoms with Crippen LogP contribution in [0.5, 0.6) is 11.5 Å². The van der Waals surface area contributed by atoms with E-state index in [0.29, 0.717) is 28.2 Å². The van der Waals surface area contributed by atoms with E-state index < -0.39 is 0 Å². The summed E-state index contributed by atoms with van der Waals surface area (Å²) in [4.78, 5) is 16.1. The summed E-state index contributed by atoms with van der Waals surface area (Å²) in [5.41, 5.74) is 4.38. The van der Waals surface area contributed by atoms with Gasteiger partial charge in [0.15, 0.2) is 11.0 Å². The number of hydrogen-bond donors (Lipinski definition) is 2. The molecule has 2 aromatic heterocycles. The highest BCUT2D eigenvalue weighted by Crippen LogP contribution is 2.37. The molecule has 0 fully saturated rings. The lowest BCUT2D eigenvalue weighted by molar-refractivity contribution is -0.113. The summed E-state index contributed by atoms with van der Waals surface area (Å²) >= 11 is 1.30. The Labute approximate surface area is 212 Å². The van der Waals surface area contributed by atoms with Crippen LogP contribution in [0.1, 0.15) is 5.56 Å². The molecule has 0 saturated carbocycles. The SMILES string of the molecule is COc1ccc(OC)c(-n2c(SCC(=O)Nc3ccccc3C)nnc2-c2c[nH]c3ccccc23)c1. The number of fused-ring (bicyclic) bond motifs is 1. The lowest BCUT2D eigenvalue weighted by Crippen LogP contribution is -2.15. The van der Waals surface area contributed by atoms with Gasteiger partial charge in [-0.25, -0.2) is 0 Å². The van der Waals surface area contributed by atoms with Crippen molar-refractivity contribution in [2.45, 2.75) is 12.1 Å². The monoisotopic (exact) mass is 499 g/mol. The van der Waals surface area contributed by atoms with Crippen molar-refractivity contribution in [3.63, 3.8) is 0 Å². The number of nitrogens with zero attached hydrogens (tertiary/aromatic N) is 3. The van der Waals surface area contributed by atoms with Gasteiger partial charge >= 0.3 is 0 Å². The molecule has 2 heterocycles. The minimum atomic E-state index is -0.130. The van der Waals surface area contributed by atoms with E-state index in [-0.39, 0.29) is 11.7 Å². The number of aromatic nitrogens is 4. The third kappa shape index (κ3) is 4.52. The molecule has 0 radical (unpaired) electrons. The Balaban J connectivity index is 1.55. The molecule has 5 rings (SSSR count). The van der Waals surface area contributed by atoms with Crippen molar-refractivity contribution in [1.29, 1.82) is 0 Å². The Morgan fingerprint density at radius 2 is 1.83 bits per heavy atom. The van der Waals surface area contributed by atoms with Crippen molar-refractivity contribution in [1.82, 2.24) is 19.7 Å². The number of methoxy groups -OCH3 is 2. The number of hydrogen-bond acceptors (Lipinski definition) is 6. The normalized spacial score (nSPS) is 11.0. The molecule has 0 saturated heterocycles. The fraction of sp³-hybridized carbons (Fsp3) is 0.148. The van der Waals surface area contributed by atoms with Gasteiger partial charge in [-0.05, 0) is 36.8 Å². The Morgan fingerprint density at radius 1 is 1.03 bits per heavy atom. The molecule has 0 aliphatic rings. The van der Waals surface area contributed by atoms with Gasteiger partial charge in [0, 0.05) is 34.4 Å². The topological polar surface area (TPSA) is 94.1 Å². The molecular formula is C27H25N5O3S. The molecule has 0 bridgehead atoms. The van der Waals surface area contributed by atoms with E-state index >= 15 is 0 Å². The largest absolute Gasteiger partial charge is 0.497 e. The van der Waals surface area contributed by atoms with Crippen LogP contribution in [0.25, 0.3) is 28.0 Å². The summed E-state index contributed by atoms with van der Waals surface area (Å²) in [6.45, 7) is 1.96. The Kier molecular flexibility index (Phi) is 6.64. The van der Waals surface area contributed by atoms with E-state index in [0.717, 1.165) is 27.7 Å². The van der Waals surface area contributed by atoms with Crippen LogP contribution in [0.15, 0.2) is 78.1 Å². The van der Waals surface area contributed by atoms with E-state index in [4.69, 9.17) is 9.47 Å². The molecule has 0 unspecified atom stereocenters. The minimum Gasteiger partial charge on any atom is -0.497 e. The van der Waals surface area contributed by atoms with Crippen molar-refractivity contribution in [2.24, 2.45) is 0 Å². The smallest absolute Gasteiger partial charge is 0.234 e. The second-order valence-electron chi connectivity index (χ2n) is 8.08. The van der Waals surface area contributed by atoms with Gasteiger partial charge in [0.1, 0.15) is 11.5 Å². The summed E-state index contributed by atoms with van der Waals surface area (Å²) in [5, 5.41) is 13.5. The lowest BCUT2D eigenvalue weighted by Gasteiger charge is -2.15. The number of aromatic amines is 1. The van der Waals surface area contributed by atoms with Gasteiger partial charge in [-0.1, -0.05) is 48.2 Å². The Hall–Kier alpha value is -4.24. The number of H-pyrrole nitrogens is 1. The number of thioether (sulfide) groups is 1. The van der Waals surface area contributed by atoms with Gasteiger partial charge in [0.05, 0.1) is 25.7 Å². The van der Waals surface area contributed by atoms with Gasteiger partial charge in [-0.15, -0.1) is 10.2 Å². The number of rotatable bonds is 8. The van der Waals surface area contributed by atoms with Crippen molar-refractivity contribution in [3.8, 4) is 28.6 Å². The summed E-state index contributed by atoms with van der Waals surface area (Å²) in [7, 11) is 3.23. The van der Waals surface area contributed by atoms with Gasteiger partial charge in [0.25, 0.3) is 0 Å². The average molecular weight is 500 g/mol. The van der Waals surface area contributed by atoms with E-state index in [1.54, 1.807) is 14.2 Å². The molecule has 182 valence electrons. The summed E-state index contributed by atoms with van der Waals surface area (Å²) < 4.78 is 13.1. The standard InChI is InChI=1S/C27H25N5O3S/c1-17-8-4-6-10-21(17)29-25(33)16-36-27-31-30-26(20-15-28-22-11-7-5-9-19(20)22)32(27)23-14-18(34-2)12-13-24(23)35-3/h4-15,28H,16H2,1-3H3,(H,29,33). The zero-order chi connectivity index (χ0) is 25.1. The molecule has 1 amide bonds. The molecule has 0 atom stereocenters. The van der Waals surface area contributed by atoms with Crippen LogP contribution in [0.4, 0.5) is 5.69 Å². The first-order valence-electron chi connectivity index (χ1n) is 11.3.